The van der Waals surface area contributed by atoms with Crippen LogP contribution in [0.2, 0.25) is 0 Å². The van der Waals surface area contributed by atoms with E-state index in [0.717, 1.165) is 22.1 Å². The standard InChI is InChI=1S/C44H28N4/c1-4-10-29(11-5-1)33-16-19-37-36-21-18-35(28-39(36)38-20-17-34(27-41(38)40(37)26-33)30-12-6-2-7-13-30)44-47-42(31-14-8-3-9-15-31)46-43(48-44)32-22-24-45-25-23-32/h1-28H. The molecule has 4 nitrogen and oxygen atoms in total. The lowest BCUT2D eigenvalue weighted by Gasteiger charge is -2.15. The molecule has 0 saturated heterocycles. The summed E-state index contributed by atoms with van der Waals surface area (Å²) in [6.45, 7) is 0. The Morgan fingerprint density at radius 1 is 0.250 bits per heavy atom. The van der Waals surface area contributed by atoms with Gasteiger partial charge in [0.1, 0.15) is 0 Å². The van der Waals surface area contributed by atoms with Gasteiger partial charge in [-0.05, 0) is 84.9 Å². The normalized spacial score (nSPS) is 11.3. The van der Waals surface area contributed by atoms with Crippen molar-refractivity contribution >= 4 is 32.3 Å². The van der Waals surface area contributed by atoms with Gasteiger partial charge in [-0.25, -0.2) is 15.0 Å². The number of nitrogens with zero attached hydrogens (tertiary/aromatic N) is 4. The van der Waals surface area contributed by atoms with Gasteiger partial charge in [0.25, 0.3) is 0 Å². The molecule has 0 unspecified atom stereocenters. The Bertz CT molecular complexity index is 2530. The molecule has 2 aromatic heterocycles. The molecule has 0 bridgehead atoms. The zero-order valence-corrected chi connectivity index (χ0v) is 26.0. The second-order valence-corrected chi connectivity index (χ2v) is 11.9. The molecule has 2 heterocycles. The summed E-state index contributed by atoms with van der Waals surface area (Å²) in [7, 11) is 0. The smallest absolute Gasteiger partial charge is 0.164 e. The van der Waals surface area contributed by atoms with Crippen molar-refractivity contribution in [1.29, 1.82) is 0 Å². The number of fused-ring (bicyclic) bond motifs is 6. The maximum atomic E-state index is 5.01. The van der Waals surface area contributed by atoms with Crippen LogP contribution in [0.15, 0.2) is 170 Å². The molecular weight excluding hydrogens is 585 g/mol. The van der Waals surface area contributed by atoms with Crippen LogP contribution in [0.1, 0.15) is 0 Å². The summed E-state index contributed by atoms with van der Waals surface area (Å²) in [4.78, 5) is 19.1. The molecule has 0 amide bonds. The SMILES string of the molecule is c1ccc(-c2ccc3c4ccc(-c5nc(-c6ccccc6)nc(-c6ccncc6)n5)cc4c4ccc(-c5ccccc5)cc4c3c2)cc1. The number of benzene rings is 7. The molecule has 224 valence electrons. The van der Waals surface area contributed by atoms with Gasteiger partial charge in [-0.2, -0.15) is 0 Å². The molecule has 0 aliphatic rings. The maximum absolute atomic E-state index is 5.01. The van der Waals surface area contributed by atoms with Gasteiger partial charge in [-0.3, -0.25) is 4.98 Å². The maximum Gasteiger partial charge on any atom is 0.164 e. The van der Waals surface area contributed by atoms with Crippen LogP contribution in [-0.4, -0.2) is 19.9 Å². The molecule has 0 saturated carbocycles. The highest BCUT2D eigenvalue weighted by Crippen LogP contribution is 2.40. The average molecular weight is 613 g/mol. The summed E-state index contributed by atoms with van der Waals surface area (Å²) in [6, 6.07) is 55.4. The summed E-state index contributed by atoms with van der Waals surface area (Å²) >= 11 is 0. The monoisotopic (exact) mass is 612 g/mol. The minimum atomic E-state index is 0.616. The van der Waals surface area contributed by atoms with Crippen LogP contribution in [0, 0.1) is 0 Å². The van der Waals surface area contributed by atoms with Crippen molar-refractivity contribution in [3.63, 3.8) is 0 Å². The van der Waals surface area contributed by atoms with Crippen LogP contribution >= 0.6 is 0 Å². The van der Waals surface area contributed by atoms with Crippen LogP contribution in [-0.2, 0) is 0 Å². The third-order valence-corrected chi connectivity index (χ3v) is 9.01. The van der Waals surface area contributed by atoms with Gasteiger partial charge >= 0.3 is 0 Å². The Morgan fingerprint density at radius 3 is 1.10 bits per heavy atom. The molecule has 0 atom stereocenters. The van der Waals surface area contributed by atoms with Crippen molar-refractivity contribution in [3.05, 3.63) is 170 Å². The van der Waals surface area contributed by atoms with Gasteiger partial charge in [-0.1, -0.05) is 127 Å². The first kappa shape index (κ1) is 27.8. The van der Waals surface area contributed by atoms with E-state index in [1.54, 1.807) is 12.4 Å². The molecule has 0 aliphatic carbocycles. The quantitative estimate of drug-likeness (QED) is 0.181. The van der Waals surface area contributed by atoms with E-state index in [0.29, 0.717) is 17.5 Å². The second-order valence-electron chi connectivity index (χ2n) is 11.9. The van der Waals surface area contributed by atoms with E-state index in [4.69, 9.17) is 15.0 Å². The number of rotatable bonds is 5. The Labute approximate surface area is 278 Å². The van der Waals surface area contributed by atoms with Crippen molar-refractivity contribution < 1.29 is 0 Å². The first-order valence-corrected chi connectivity index (χ1v) is 16.0. The van der Waals surface area contributed by atoms with Crippen LogP contribution in [0.3, 0.4) is 0 Å². The summed E-state index contributed by atoms with van der Waals surface area (Å²) in [5.74, 6) is 1.88. The van der Waals surface area contributed by atoms with Crippen molar-refractivity contribution in [2.24, 2.45) is 0 Å². The zero-order valence-electron chi connectivity index (χ0n) is 26.0. The molecule has 9 rings (SSSR count). The average Bonchev–Trinajstić information content (AvgIpc) is 3.18. The first-order valence-electron chi connectivity index (χ1n) is 16.0. The van der Waals surface area contributed by atoms with E-state index < -0.39 is 0 Å². The lowest BCUT2D eigenvalue weighted by Crippen LogP contribution is -2.00. The predicted octanol–water partition coefficient (Wildman–Crippen LogP) is 11.1. The summed E-state index contributed by atoms with van der Waals surface area (Å²) in [5, 5.41) is 7.21. The van der Waals surface area contributed by atoms with Gasteiger partial charge in [-0.15, -0.1) is 0 Å². The fraction of sp³-hybridized carbons (Fsp3) is 0. The minimum absolute atomic E-state index is 0.616. The molecule has 0 spiro atoms. The van der Waals surface area contributed by atoms with Crippen LogP contribution in [0.5, 0.6) is 0 Å². The molecule has 0 N–H and O–H groups in total. The molecule has 7 aromatic carbocycles. The van der Waals surface area contributed by atoms with Crippen molar-refractivity contribution in [2.45, 2.75) is 0 Å². The van der Waals surface area contributed by atoms with Crippen molar-refractivity contribution in [3.8, 4) is 56.4 Å². The van der Waals surface area contributed by atoms with E-state index in [2.05, 4.69) is 120 Å². The lowest BCUT2D eigenvalue weighted by atomic mass is 9.89. The molecular formula is C44H28N4. The van der Waals surface area contributed by atoms with E-state index in [9.17, 15) is 0 Å². The molecule has 9 aromatic rings. The fourth-order valence-corrected chi connectivity index (χ4v) is 6.62. The van der Waals surface area contributed by atoms with Gasteiger partial charge < -0.3 is 0 Å². The fourth-order valence-electron chi connectivity index (χ4n) is 6.62. The number of hydrogen-bond donors (Lipinski definition) is 0. The van der Waals surface area contributed by atoms with Crippen LogP contribution < -0.4 is 0 Å². The molecule has 4 heteroatoms. The van der Waals surface area contributed by atoms with Gasteiger partial charge in [0.05, 0.1) is 0 Å². The highest BCUT2D eigenvalue weighted by molar-refractivity contribution is 6.26. The van der Waals surface area contributed by atoms with Crippen molar-refractivity contribution in [2.75, 3.05) is 0 Å². The topological polar surface area (TPSA) is 51.6 Å². The zero-order chi connectivity index (χ0) is 31.9. The molecule has 48 heavy (non-hydrogen) atoms. The molecule has 0 fully saturated rings. The van der Waals surface area contributed by atoms with E-state index in [-0.39, 0.29) is 0 Å². The predicted molar refractivity (Wildman–Crippen MR) is 197 cm³/mol. The van der Waals surface area contributed by atoms with Gasteiger partial charge in [0, 0.05) is 29.1 Å². The minimum Gasteiger partial charge on any atom is -0.265 e. The highest BCUT2D eigenvalue weighted by Gasteiger charge is 2.16. The second kappa shape index (κ2) is 11.7. The van der Waals surface area contributed by atoms with Crippen molar-refractivity contribution in [1.82, 2.24) is 19.9 Å². The Kier molecular flexibility index (Phi) is 6.76. The lowest BCUT2D eigenvalue weighted by molar-refractivity contribution is 1.07. The molecule has 0 aliphatic heterocycles. The summed E-state index contributed by atoms with van der Waals surface area (Å²) < 4.78 is 0. The van der Waals surface area contributed by atoms with E-state index in [1.807, 2.05) is 42.5 Å². The summed E-state index contributed by atoms with van der Waals surface area (Å²) in [5.41, 5.74) is 7.57. The number of hydrogen-bond acceptors (Lipinski definition) is 4. The number of pyridine rings is 1. The molecule has 0 radical (unpaired) electrons. The number of aromatic nitrogens is 4. The third kappa shape index (κ3) is 4.97. The summed E-state index contributed by atoms with van der Waals surface area (Å²) in [6.07, 6.45) is 3.53. The first-order chi connectivity index (χ1) is 23.8. The Hall–Kier alpha value is -6.52. The van der Waals surface area contributed by atoms with Gasteiger partial charge in [0.2, 0.25) is 0 Å². The van der Waals surface area contributed by atoms with Crippen LogP contribution in [0.4, 0.5) is 0 Å². The van der Waals surface area contributed by atoms with E-state index >= 15 is 0 Å². The highest BCUT2D eigenvalue weighted by atomic mass is 15.0. The van der Waals surface area contributed by atoms with Crippen LogP contribution in [0.25, 0.3) is 88.7 Å². The third-order valence-electron chi connectivity index (χ3n) is 9.01. The largest absolute Gasteiger partial charge is 0.265 e. The Balaban J connectivity index is 1.30. The Morgan fingerprint density at radius 2 is 0.604 bits per heavy atom. The van der Waals surface area contributed by atoms with E-state index in [1.165, 1.54) is 49.2 Å². The van der Waals surface area contributed by atoms with Gasteiger partial charge in [0.15, 0.2) is 17.5 Å².